The summed E-state index contributed by atoms with van der Waals surface area (Å²) >= 11 is 0. The molecule has 120 valence electrons. The fraction of sp³-hybridized carbons (Fsp3) is 0.250. The average molecular weight is 318 g/mol. The molecule has 0 unspecified atom stereocenters. The lowest BCUT2D eigenvalue weighted by Crippen LogP contribution is -2.99. The van der Waals surface area contributed by atoms with Crippen LogP contribution in [0.5, 0.6) is 0 Å². The van der Waals surface area contributed by atoms with Crippen LogP contribution < -0.4 is 10.2 Å². The molecule has 0 saturated heterocycles. The van der Waals surface area contributed by atoms with E-state index in [0.29, 0.717) is 0 Å². The SMILES string of the molecule is Cc1ccc2[nH]c3c(c2c1)CC[NH2+][C@]31C(=O)N(C)c2ccccc21. The summed E-state index contributed by atoms with van der Waals surface area (Å²) < 4.78 is 0. The molecule has 3 heterocycles. The number of aromatic amines is 1. The fourth-order valence-corrected chi connectivity index (χ4v) is 4.52. The number of amides is 1. The van der Waals surface area contributed by atoms with E-state index >= 15 is 0 Å². The average Bonchev–Trinajstić information content (AvgIpc) is 3.07. The van der Waals surface area contributed by atoms with Gasteiger partial charge in [-0.1, -0.05) is 23.8 Å². The van der Waals surface area contributed by atoms with Crippen LogP contribution in [-0.2, 0) is 16.8 Å². The number of nitrogens with zero attached hydrogens (tertiary/aromatic N) is 1. The van der Waals surface area contributed by atoms with E-state index in [-0.39, 0.29) is 5.91 Å². The Morgan fingerprint density at radius 3 is 2.92 bits per heavy atom. The first-order chi connectivity index (χ1) is 11.6. The molecule has 4 nitrogen and oxygen atoms in total. The van der Waals surface area contributed by atoms with E-state index in [1.807, 2.05) is 25.2 Å². The molecule has 3 N–H and O–H groups in total. The minimum Gasteiger partial charge on any atom is -0.352 e. The number of quaternary nitrogens is 1. The highest BCUT2D eigenvalue weighted by atomic mass is 16.2. The van der Waals surface area contributed by atoms with Gasteiger partial charge in [0.2, 0.25) is 5.54 Å². The van der Waals surface area contributed by atoms with Gasteiger partial charge in [-0.05, 0) is 36.8 Å². The molecule has 0 radical (unpaired) electrons. The van der Waals surface area contributed by atoms with E-state index in [1.165, 1.54) is 16.5 Å². The van der Waals surface area contributed by atoms with Gasteiger partial charge < -0.3 is 15.2 Å². The van der Waals surface area contributed by atoms with Crippen LogP contribution in [-0.4, -0.2) is 24.5 Å². The first-order valence-corrected chi connectivity index (χ1v) is 8.46. The second-order valence-electron chi connectivity index (χ2n) is 6.96. The first-order valence-electron chi connectivity index (χ1n) is 8.46. The van der Waals surface area contributed by atoms with Gasteiger partial charge in [-0.3, -0.25) is 4.79 Å². The minimum absolute atomic E-state index is 0.146. The lowest BCUT2D eigenvalue weighted by atomic mass is 9.82. The lowest BCUT2D eigenvalue weighted by Gasteiger charge is -2.30. The second-order valence-corrected chi connectivity index (χ2v) is 6.96. The molecule has 5 rings (SSSR count). The Morgan fingerprint density at radius 2 is 2.04 bits per heavy atom. The number of benzene rings is 2. The summed E-state index contributed by atoms with van der Waals surface area (Å²) in [7, 11) is 1.88. The van der Waals surface area contributed by atoms with Crippen molar-refractivity contribution in [1.29, 1.82) is 0 Å². The zero-order chi connectivity index (χ0) is 16.5. The number of aryl methyl sites for hydroxylation is 1. The Balaban J connectivity index is 1.87. The molecule has 2 aliphatic heterocycles. The molecule has 0 aliphatic carbocycles. The van der Waals surface area contributed by atoms with Gasteiger partial charge in [-0.25, -0.2) is 0 Å². The van der Waals surface area contributed by atoms with Gasteiger partial charge in [0.15, 0.2) is 0 Å². The smallest absolute Gasteiger partial charge is 0.299 e. The van der Waals surface area contributed by atoms with Gasteiger partial charge in [0, 0.05) is 24.4 Å². The summed E-state index contributed by atoms with van der Waals surface area (Å²) in [6.45, 7) is 3.04. The number of H-pyrrole nitrogens is 1. The zero-order valence-corrected chi connectivity index (χ0v) is 13.9. The number of fused-ring (bicyclic) bond motifs is 6. The van der Waals surface area contributed by atoms with Gasteiger partial charge in [0.1, 0.15) is 0 Å². The van der Waals surface area contributed by atoms with Crippen molar-refractivity contribution in [2.45, 2.75) is 18.9 Å². The molecule has 0 fully saturated rings. The summed E-state index contributed by atoms with van der Waals surface area (Å²) in [5.74, 6) is 0.146. The van der Waals surface area contributed by atoms with E-state index in [9.17, 15) is 4.79 Å². The molecule has 1 spiro atoms. The van der Waals surface area contributed by atoms with Crippen LogP contribution in [0, 0.1) is 6.92 Å². The summed E-state index contributed by atoms with van der Waals surface area (Å²) in [6, 6.07) is 14.7. The highest BCUT2D eigenvalue weighted by molar-refractivity contribution is 6.09. The maximum Gasteiger partial charge on any atom is 0.299 e. The van der Waals surface area contributed by atoms with E-state index in [4.69, 9.17) is 0 Å². The molecule has 1 amide bonds. The van der Waals surface area contributed by atoms with Crippen molar-refractivity contribution in [3.63, 3.8) is 0 Å². The molecule has 0 bridgehead atoms. The van der Waals surface area contributed by atoms with Crippen LogP contribution >= 0.6 is 0 Å². The quantitative estimate of drug-likeness (QED) is 0.653. The van der Waals surface area contributed by atoms with Crippen LogP contribution in [0.2, 0.25) is 0 Å². The number of carbonyl (C=O) groups excluding carboxylic acids is 1. The third-order valence-electron chi connectivity index (χ3n) is 5.63. The number of hydrogen-bond acceptors (Lipinski definition) is 1. The summed E-state index contributed by atoms with van der Waals surface area (Å²) in [5.41, 5.74) is 6.20. The summed E-state index contributed by atoms with van der Waals surface area (Å²) in [4.78, 5) is 18.7. The van der Waals surface area contributed by atoms with E-state index in [1.54, 1.807) is 4.90 Å². The number of aromatic nitrogens is 1. The maximum atomic E-state index is 13.3. The van der Waals surface area contributed by atoms with Crippen molar-refractivity contribution in [3.8, 4) is 0 Å². The lowest BCUT2D eigenvalue weighted by molar-refractivity contribution is -0.714. The number of nitrogens with one attached hydrogen (secondary N) is 1. The molecule has 2 aliphatic rings. The van der Waals surface area contributed by atoms with E-state index in [2.05, 4.69) is 41.5 Å². The third kappa shape index (κ3) is 1.49. The normalized spacial score (nSPS) is 22.2. The molecule has 3 aromatic rings. The molecule has 24 heavy (non-hydrogen) atoms. The zero-order valence-electron chi connectivity index (χ0n) is 13.9. The number of anilines is 1. The Kier molecular flexibility index (Phi) is 2.58. The highest BCUT2D eigenvalue weighted by Gasteiger charge is 2.58. The second kappa shape index (κ2) is 4.48. The van der Waals surface area contributed by atoms with Gasteiger partial charge >= 0.3 is 0 Å². The van der Waals surface area contributed by atoms with Crippen molar-refractivity contribution in [3.05, 3.63) is 64.8 Å². The minimum atomic E-state index is -0.661. The molecule has 4 heteroatoms. The van der Waals surface area contributed by atoms with Crippen LogP contribution in [0.25, 0.3) is 10.9 Å². The van der Waals surface area contributed by atoms with Gasteiger partial charge in [-0.2, -0.15) is 0 Å². The molecule has 2 aromatic carbocycles. The van der Waals surface area contributed by atoms with Crippen LogP contribution in [0.4, 0.5) is 5.69 Å². The predicted molar refractivity (Wildman–Crippen MR) is 94.2 cm³/mol. The molecular weight excluding hydrogens is 298 g/mol. The Bertz CT molecular complexity index is 1000. The Morgan fingerprint density at radius 1 is 1.21 bits per heavy atom. The highest BCUT2D eigenvalue weighted by Crippen LogP contribution is 2.44. The predicted octanol–water partition coefficient (Wildman–Crippen LogP) is 1.82. The first kappa shape index (κ1) is 13.8. The topological polar surface area (TPSA) is 52.7 Å². The summed E-state index contributed by atoms with van der Waals surface area (Å²) in [5, 5.41) is 3.47. The number of rotatable bonds is 0. The number of carbonyl (C=O) groups is 1. The molecule has 1 aromatic heterocycles. The van der Waals surface area contributed by atoms with Crippen LogP contribution in [0.15, 0.2) is 42.5 Å². The van der Waals surface area contributed by atoms with Crippen molar-refractivity contribution in [2.75, 3.05) is 18.5 Å². The van der Waals surface area contributed by atoms with Gasteiger partial charge in [0.25, 0.3) is 5.91 Å². The molecule has 0 saturated carbocycles. The molecule has 1 atom stereocenters. The monoisotopic (exact) mass is 318 g/mol. The largest absolute Gasteiger partial charge is 0.352 e. The van der Waals surface area contributed by atoms with Crippen LogP contribution in [0.1, 0.15) is 22.4 Å². The number of hydrogen-bond donors (Lipinski definition) is 2. The summed E-state index contributed by atoms with van der Waals surface area (Å²) in [6.07, 6.45) is 0.986. The van der Waals surface area contributed by atoms with Crippen LogP contribution in [0.3, 0.4) is 0 Å². The fourth-order valence-electron chi connectivity index (χ4n) is 4.52. The van der Waals surface area contributed by atoms with E-state index in [0.717, 1.165) is 35.4 Å². The van der Waals surface area contributed by atoms with Crippen molar-refractivity contribution < 1.29 is 10.1 Å². The Hall–Kier alpha value is -2.59. The maximum absolute atomic E-state index is 13.3. The van der Waals surface area contributed by atoms with Crippen molar-refractivity contribution in [1.82, 2.24) is 4.98 Å². The number of likely N-dealkylation sites (N-methyl/N-ethyl adjacent to an activating group) is 1. The van der Waals surface area contributed by atoms with Crippen molar-refractivity contribution >= 4 is 22.5 Å². The van der Waals surface area contributed by atoms with Crippen molar-refractivity contribution in [2.24, 2.45) is 0 Å². The Labute approximate surface area is 140 Å². The van der Waals surface area contributed by atoms with E-state index < -0.39 is 5.54 Å². The number of nitrogens with two attached hydrogens (primary N) is 1. The van der Waals surface area contributed by atoms with Gasteiger partial charge in [-0.15, -0.1) is 0 Å². The standard InChI is InChI=1S/C20H19N3O/c1-12-7-8-16-14(11-12)13-9-10-21-20(18(13)22-16)15-5-3-4-6-17(15)23(2)19(20)24/h3-8,11,21-22H,9-10H2,1-2H3/p+1/t20-/m0/s1. The van der Waals surface area contributed by atoms with Gasteiger partial charge in [0.05, 0.1) is 23.5 Å². The molecular formula is C20H20N3O+. The third-order valence-corrected chi connectivity index (χ3v) is 5.63. The number of para-hydroxylation sites is 1.